The van der Waals surface area contributed by atoms with Crippen molar-refractivity contribution in [1.29, 1.82) is 0 Å². The first-order valence-corrected chi connectivity index (χ1v) is 7.33. The quantitative estimate of drug-likeness (QED) is 0.809. The molecule has 4 nitrogen and oxygen atoms in total. The molecule has 2 aliphatic heterocycles. The maximum atomic E-state index is 12.1. The first-order valence-electron chi connectivity index (χ1n) is 7.33. The highest BCUT2D eigenvalue weighted by Crippen LogP contribution is 2.18. The SMILES string of the molecule is CC(C)NC1CCN(CCC2CCCCO2)C1=O. The molecule has 0 radical (unpaired) electrons. The zero-order chi connectivity index (χ0) is 13.0. The van der Waals surface area contributed by atoms with Crippen LogP contribution in [0.25, 0.3) is 0 Å². The molecule has 0 aromatic rings. The molecule has 2 saturated heterocycles. The number of likely N-dealkylation sites (tertiary alicyclic amines) is 1. The minimum absolute atomic E-state index is 0.0391. The highest BCUT2D eigenvalue weighted by Gasteiger charge is 2.31. The number of hydrogen-bond donors (Lipinski definition) is 1. The third-order valence-electron chi connectivity index (χ3n) is 3.83. The third-order valence-corrected chi connectivity index (χ3v) is 3.83. The maximum absolute atomic E-state index is 12.1. The van der Waals surface area contributed by atoms with Crippen LogP contribution >= 0.6 is 0 Å². The van der Waals surface area contributed by atoms with E-state index in [2.05, 4.69) is 19.2 Å². The van der Waals surface area contributed by atoms with E-state index in [0.29, 0.717) is 12.1 Å². The van der Waals surface area contributed by atoms with Crippen molar-refractivity contribution in [2.45, 2.75) is 64.1 Å². The van der Waals surface area contributed by atoms with Crippen LogP contribution < -0.4 is 5.32 Å². The second kappa shape index (κ2) is 6.53. The number of nitrogens with one attached hydrogen (secondary N) is 1. The smallest absolute Gasteiger partial charge is 0.239 e. The molecular weight excluding hydrogens is 228 g/mol. The Morgan fingerprint density at radius 2 is 2.22 bits per heavy atom. The topological polar surface area (TPSA) is 41.6 Å². The molecule has 0 saturated carbocycles. The first-order chi connectivity index (χ1) is 8.66. The monoisotopic (exact) mass is 254 g/mol. The molecule has 104 valence electrons. The summed E-state index contributed by atoms with van der Waals surface area (Å²) in [4.78, 5) is 14.1. The van der Waals surface area contributed by atoms with Crippen LogP contribution in [-0.4, -0.2) is 48.7 Å². The van der Waals surface area contributed by atoms with E-state index in [4.69, 9.17) is 4.74 Å². The van der Waals surface area contributed by atoms with Gasteiger partial charge in [-0.1, -0.05) is 13.8 Å². The molecule has 2 fully saturated rings. The van der Waals surface area contributed by atoms with Gasteiger partial charge in [0.25, 0.3) is 0 Å². The lowest BCUT2D eigenvalue weighted by Gasteiger charge is -2.25. The summed E-state index contributed by atoms with van der Waals surface area (Å²) >= 11 is 0. The Kier molecular flexibility index (Phi) is 5.01. The lowest BCUT2D eigenvalue weighted by molar-refractivity contribution is -0.130. The molecule has 18 heavy (non-hydrogen) atoms. The summed E-state index contributed by atoms with van der Waals surface area (Å²) in [6, 6.07) is 0.415. The van der Waals surface area contributed by atoms with Gasteiger partial charge in [0.1, 0.15) is 0 Å². The van der Waals surface area contributed by atoms with Crippen LogP contribution in [0.2, 0.25) is 0 Å². The van der Waals surface area contributed by atoms with Crippen molar-refractivity contribution >= 4 is 5.91 Å². The summed E-state index contributed by atoms with van der Waals surface area (Å²) in [5.74, 6) is 0.277. The molecule has 0 bridgehead atoms. The van der Waals surface area contributed by atoms with E-state index in [0.717, 1.165) is 39.0 Å². The normalized spacial score (nSPS) is 29.3. The zero-order valence-corrected chi connectivity index (χ0v) is 11.7. The predicted octanol–water partition coefficient (Wildman–Crippen LogP) is 1.54. The number of nitrogens with zero attached hydrogens (tertiary/aromatic N) is 1. The van der Waals surface area contributed by atoms with Crippen LogP contribution in [0.3, 0.4) is 0 Å². The first kappa shape index (κ1) is 13.8. The molecule has 4 heteroatoms. The average Bonchev–Trinajstić information content (AvgIpc) is 2.69. The Hall–Kier alpha value is -0.610. The Morgan fingerprint density at radius 1 is 1.39 bits per heavy atom. The van der Waals surface area contributed by atoms with Gasteiger partial charge in [0.15, 0.2) is 0 Å². The lowest BCUT2D eigenvalue weighted by atomic mass is 10.1. The molecule has 2 heterocycles. The molecule has 2 aliphatic rings. The van der Waals surface area contributed by atoms with Crippen LogP contribution in [0.1, 0.15) is 46.0 Å². The molecule has 0 spiro atoms. The van der Waals surface area contributed by atoms with E-state index in [1.165, 1.54) is 12.8 Å². The van der Waals surface area contributed by atoms with E-state index < -0.39 is 0 Å². The van der Waals surface area contributed by atoms with E-state index in [1.807, 2.05) is 4.90 Å². The van der Waals surface area contributed by atoms with Gasteiger partial charge in [0.2, 0.25) is 5.91 Å². The Labute approximate surface area is 110 Å². The zero-order valence-electron chi connectivity index (χ0n) is 11.7. The van der Waals surface area contributed by atoms with Gasteiger partial charge in [-0.05, 0) is 32.1 Å². The summed E-state index contributed by atoms with van der Waals surface area (Å²) < 4.78 is 5.71. The van der Waals surface area contributed by atoms with Gasteiger partial charge < -0.3 is 15.0 Å². The van der Waals surface area contributed by atoms with E-state index in [1.54, 1.807) is 0 Å². The molecule has 2 unspecified atom stereocenters. The number of hydrogen-bond acceptors (Lipinski definition) is 3. The number of ether oxygens (including phenoxy) is 1. The number of rotatable bonds is 5. The van der Waals surface area contributed by atoms with Gasteiger partial charge >= 0.3 is 0 Å². The highest BCUT2D eigenvalue weighted by atomic mass is 16.5. The molecule has 0 aromatic carbocycles. The van der Waals surface area contributed by atoms with Crippen LogP contribution in [-0.2, 0) is 9.53 Å². The molecule has 1 N–H and O–H groups in total. The molecule has 0 aromatic heterocycles. The number of carbonyl (C=O) groups is 1. The van der Waals surface area contributed by atoms with Gasteiger partial charge in [-0.25, -0.2) is 0 Å². The fraction of sp³-hybridized carbons (Fsp3) is 0.929. The van der Waals surface area contributed by atoms with Gasteiger partial charge in [-0.2, -0.15) is 0 Å². The van der Waals surface area contributed by atoms with Crippen molar-refractivity contribution in [3.8, 4) is 0 Å². The standard InChI is InChI=1S/C14H26N2O2/c1-11(2)15-13-7-9-16(14(13)17)8-6-12-5-3-4-10-18-12/h11-13,15H,3-10H2,1-2H3. The van der Waals surface area contributed by atoms with E-state index in [9.17, 15) is 4.79 Å². The van der Waals surface area contributed by atoms with Crippen molar-refractivity contribution in [3.63, 3.8) is 0 Å². The Balaban J connectivity index is 1.72. The van der Waals surface area contributed by atoms with Crippen molar-refractivity contribution in [2.75, 3.05) is 19.7 Å². The van der Waals surface area contributed by atoms with Crippen molar-refractivity contribution in [3.05, 3.63) is 0 Å². The van der Waals surface area contributed by atoms with Crippen molar-refractivity contribution in [1.82, 2.24) is 10.2 Å². The second-order valence-corrected chi connectivity index (χ2v) is 5.77. The number of amides is 1. The van der Waals surface area contributed by atoms with Crippen molar-refractivity contribution in [2.24, 2.45) is 0 Å². The predicted molar refractivity (Wildman–Crippen MR) is 71.5 cm³/mol. The van der Waals surface area contributed by atoms with Gasteiger partial charge in [-0.3, -0.25) is 4.79 Å². The van der Waals surface area contributed by atoms with Crippen molar-refractivity contribution < 1.29 is 9.53 Å². The molecule has 0 aliphatic carbocycles. The van der Waals surface area contributed by atoms with E-state index >= 15 is 0 Å². The highest BCUT2D eigenvalue weighted by molar-refractivity contribution is 5.83. The van der Waals surface area contributed by atoms with E-state index in [-0.39, 0.29) is 11.9 Å². The van der Waals surface area contributed by atoms with Crippen LogP contribution in [0.15, 0.2) is 0 Å². The van der Waals surface area contributed by atoms with Gasteiger partial charge in [0.05, 0.1) is 12.1 Å². The Morgan fingerprint density at radius 3 is 2.89 bits per heavy atom. The van der Waals surface area contributed by atoms with Crippen LogP contribution in [0.5, 0.6) is 0 Å². The minimum Gasteiger partial charge on any atom is -0.378 e. The third kappa shape index (κ3) is 3.69. The molecular formula is C14H26N2O2. The molecule has 2 rings (SSSR count). The summed E-state index contributed by atoms with van der Waals surface area (Å²) in [6.45, 7) is 6.84. The Bertz CT molecular complexity index is 275. The summed E-state index contributed by atoms with van der Waals surface area (Å²) in [5.41, 5.74) is 0. The maximum Gasteiger partial charge on any atom is 0.239 e. The minimum atomic E-state index is 0.0391. The average molecular weight is 254 g/mol. The lowest BCUT2D eigenvalue weighted by Crippen LogP contribution is -2.42. The second-order valence-electron chi connectivity index (χ2n) is 5.77. The summed E-state index contributed by atoms with van der Waals surface area (Å²) in [6.07, 6.45) is 5.96. The van der Waals surface area contributed by atoms with Gasteiger partial charge in [0, 0.05) is 25.7 Å². The molecule has 2 atom stereocenters. The summed E-state index contributed by atoms with van der Waals surface area (Å²) in [7, 11) is 0. The largest absolute Gasteiger partial charge is 0.378 e. The fourth-order valence-electron chi connectivity index (χ4n) is 2.85. The van der Waals surface area contributed by atoms with Gasteiger partial charge in [-0.15, -0.1) is 0 Å². The number of carbonyl (C=O) groups excluding carboxylic acids is 1. The fourth-order valence-corrected chi connectivity index (χ4v) is 2.85. The van der Waals surface area contributed by atoms with Crippen LogP contribution in [0, 0.1) is 0 Å². The summed E-state index contributed by atoms with van der Waals surface area (Å²) in [5, 5.41) is 3.34. The van der Waals surface area contributed by atoms with Crippen LogP contribution in [0.4, 0.5) is 0 Å². The molecule has 1 amide bonds.